The van der Waals surface area contributed by atoms with E-state index in [-0.39, 0.29) is 27.7 Å². The Balaban J connectivity index is 3.37. The third-order valence-corrected chi connectivity index (χ3v) is 1.79. The average Bonchev–Trinajstić information content (AvgIpc) is 1.96. The lowest BCUT2D eigenvalue weighted by molar-refractivity contribution is 0.101. The van der Waals surface area contributed by atoms with E-state index in [0.29, 0.717) is 0 Å². The maximum absolute atomic E-state index is 10.9. The summed E-state index contributed by atoms with van der Waals surface area (Å²) in [6.07, 6.45) is 0. The summed E-state index contributed by atoms with van der Waals surface area (Å²) in [4.78, 5) is 11.1. The van der Waals surface area contributed by atoms with Gasteiger partial charge in [-0.25, -0.2) is 0 Å². The number of hydrogen-bond acceptors (Lipinski definition) is 4. The maximum Gasteiger partial charge on any atom is 0.163 e. The third kappa shape index (κ3) is 1.53. The molecule has 0 aliphatic rings. The van der Waals surface area contributed by atoms with Gasteiger partial charge < -0.3 is 10.2 Å². The van der Waals surface area contributed by atoms with Crippen LogP contribution in [0.3, 0.4) is 0 Å². The van der Waals surface area contributed by atoms with Gasteiger partial charge in [-0.05, 0) is 19.1 Å². The zero-order chi connectivity index (χ0) is 9.30. The number of benzene rings is 1. The summed E-state index contributed by atoms with van der Waals surface area (Å²) in [7, 11) is 0. The van der Waals surface area contributed by atoms with Crippen molar-refractivity contribution < 1.29 is 15.0 Å². The highest BCUT2D eigenvalue weighted by Gasteiger charge is 2.10. The summed E-state index contributed by atoms with van der Waals surface area (Å²) in [6.45, 7) is 1.31. The fourth-order valence-electron chi connectivity index (χ4n) is 0.873. The van der Waals surface area contributed by atoms with Crippen molar-refractivity contribution in [2.45, 2.75) is 11.8 Å². The van der Waals surface area contributed by atoms with E-state index in [1.54, 1.807) is 0 Å². The molecule has 0 heterocycles. The van der Waals surface area contributed by atoms with Crippen molar-refractivity contribution in [1.29, 1.82) is 0 Å². The van der Waals surface area contributed by atoms with Crippen molar-refractivity contribution in [1.82, 2.24) is 0 Å². The molecular weight excluding hydrogens is 176 g/mol. The Labute approximate surface area is 75.1 Å². The zero-order valence-electron chi connectivity index (χ0n) is 6.40. The molecule has 0 saturated carbocycles. The first kappa shape index (κ1) is 8.93. The van der Waals surface area contributed by atoms with Crippen LogP contribution in [0.1, 0.15) is 17.3 Å². The molecule has 4 heteroatoms. The highest BCUT2D eigenvalue weighted by Crippen LogP contribution is 2.30. The highest BCUT2D eigenvalue weighted by molar-refractivity contribution is 7.80. The summed E-state index contributed by atoms with van der Waals surface area (Å²) in [5.41, 5.74) is 0.0833. The number of phenols is 2. The molecule has 0 radical (unpaired) electrons. The second-order valence-electron chi connectivity index (χ2n) is 2.42. The molecule has 3 nitrogen and oxygen atoms in total. The van der Waals surface area contributed by atoms with E-state index in [4.69, 9.17) is 5.11 Å². The second-order valence-corrected chi connectivity index (χ2v) is 2.90. The summed E-state index contributed by atoms with van der Waals surface area (Å²) in [5.74, 6) is -0.578. The third-order valence-electron chi connectivity index (χ3n) is 1.45. The standard InChI is InChI=1S/C8H8O3S/c1-4(9)6-2-5(10)3-7(12)8(6)11/h2-3,10-12H,1H3. The second kappa shape index (κ2) is 3.06. The van der Waals surface area contributed by atoms with E-state index in [0.717, 1.165) is 0 Å². The van der Waals surface area contributed by atoms with E-state index in [9.17, 15) is 9.90 Å². The van der Waals surface area contributed by atoms with Gasteiger partial charge in [-0.15, -0.1) is 12.6 Å². The van der Waals surface area contributed by atoms with Crippen LogP contribution in [0.25, 0.3) is 0 Å². The molecular formula is C8H8O3S. The number of hydrogen-bond donors (Lipinski definition) is 3. The highest BCUT2D eigenvalue weighted by atomic mass is 32.1. The molecule has 0 fully saturated rings. The number of Topliss-reactive ketones (excluding diaryl/α,β-unsaturated/α-hetero) is 1. The van der Waals surface area contributed by atoms with Crippen LogP contribution in [0.5, 0.6) is 11.5 Å². The van der Waals surface area contributed by atoms with Crippen molar-refractivity contribution >= 4 is 18.4 Å². The van der Waals surface area contributed by atoms with Crippen molar-refractivity contribution in [2.75, 3.05) is 0 Å². The minimum absolute atomic E-state index is 0.0806. The predicted octanol–water partition coefficient (Wildman–Crippen LogP) is 1.59. The van der Waals surface area contributed by atoms with Crippen LogP contribution in [0.15, 0.2) is 17.0 Å². The summed E-state index contributed by atoms with van der Waals surface area (Å²) in [6, 6.07) is 2.47. The van der Waals surface area contributed by atoms with E-state index in [2.05, 4.69) is 12.6 Å². The summed E-state index contributed by atoms with van der Waals surface area (Å²) >= 11 is 3.87. The van der Waals surface area contributed by atoms with Gasteiger partial charge in [0.25, 0.3) is 0 Å². The van der Waals surface area contributed by atoms with Crippen LogP contribution < -0.4 is 0 Å². The lowest BCUT2D eigenvalue weighted by Gasteiger charge is -2.03. The quantitative estimate of drug-likeness (QED) is 0.353. The van der Waals surface area contributed by atoms with Crippen molar-refractivity contribution in [3.63, 3.8) is 0 Å². The number of carbonyl (C=O) groups excluding carboxylic acids is 1. The average molecular weight is 184 g/mol. The lowest BCUT2D eigenvalue weighted by atomic mass is 10.1. The Hall–Kier alpha value is -1.16. The van der Waals surface area contributed by atoms with Crippen molar-refractivity contribution in [3.05, 3.63) is 17.7 Å². The lowest BCUT2D eigenvalue weighted by Crippen LogP contribution is -1.92. The summed E-state index contributed by atoms with van der Waals surface area (Å²) < 4.78 is 0. The zero-order valence-corrected chi connectivity index (χ0v) is 7.30. The number of ketones is 1. The first-order valence-corrected chi connectivity index (χ1v) is 3.73. The first-order chi connectivity index (χ1) is 5.52. The monoisotopic (exact) mass is 184 g/mol. The minimum Gasteiger partial charge on any atom is -0.508 e. The minimum atomic E-state index is -0.307. The van der Waals surface area contributed by atoms with Crippen molar-refractivity contribution in [2.24, 2.45) is 0 Å². The SMILES string of the molecule is CC(=O)c1cc(O)cc(S)c1O. The van der Waals surface area contributed by atoms with E-state index < -0.39 is 0 Å². The number of thiol groups is 1. The molecule has 0 amide bonds. The van der Waals surface area contributed by atoms with Crippen LogP contribution >= 0.6 is 12.6 Å². The van der Waals surface area contributed by atoms with Gasteiger partial charge in [0, 0.05) is 0 Å². The normalized spacial score (nSPS) is 9.83. The molecule has 1 rings (SSSR count). The fraction of sp³-hybridized carbons (Fsp3) is 0.125. The van der Waals surface area contributed by atoms with Gasteiger partial charge in [0.2, 0.25) is 0 Å². The molecule has 0 saturated heterocycles. The fourth-order valence-corrected chi connectivity index (χ4v) is 1.13. The van der Waals surface area contributed by atoms with Gasteiger partial charge in [-0.1, -0.05) is 0 Å². The molecule has 0 atom stereocenters. The molecule has 1 aromatic rings. The molecule has 0 bridgehead atoms. The smallest absolute Gasteiger partial charge is 0.163 e. The van der Waals surface area contributed by atoms with Gasteiger partial charge in [-0.2, -0.15) is 0 Å². The molecule has 0 unspecified atom stereocenters. The maximum atomic E-state index is 10.9. The Morgan fingerprint density at radius 1 is 1.42 bits per heavy atom. The predicted molar refractivity (Wildman–Crippen MR) is 47.0 cm³/mol. The first-order valence-electron chi connectivity index (χ1n) is 3.28. The number of aromatic hydroxyl groups is 2. The molecule has 2 N–H and O–H groups in total. The molecule has 0 aromatic heterocycles. The molecule has 1 aromatic carbocycles. The molecule has 0 aliphatic heterocycles. The summed E-state index contributed by atoms with van der Waals surface area (Å²) in [5, 5.41) is 18.3. The topological polar surface area (TPSA) is 57.5 Å². The van der Waals surface area contributed by atoms with Crippen LogP contribution in [0.4, 0.5) is 0 Å². The van der Waals surface area contributed by atoms with Gasteiger partial charge in [-0.3, -0.25) is 4.79 Å². The Morgan fingerprint density at radius 3 is 2.50 bits per heavy atom. The van der Waals surface area contributed by atoms with Gasteiger partial charge in [0.05, 0.1) is 10.5 Å². The Kier molecular flexibility index (Phi) is 2.28. The number of rotatable bonds is 1. The van der Waals surface area contributed by atoms with Gasteiger partial charge in [0.15, 0.2) is 5.78 Å². The molecule has 0 aliphatic carbocycles. The number of phenolic OH excluding ortho intramolecular Hbond substituents is 2. The largest absolute Gasteiger partial charge is 0.508 e. The van der Waals surface area contributed by atoms with Gasteiger partial charge in [0.1, 0.15) is 11.5 Å². The van der Waals surface area contributed by atoms with Crippen LogP contribution in [-0.4, -0.2) is 16.0 Å². The molecule has 64 valence electrons. The van der Waals surface area contributed by atoms with Crippen LogP contribution in [0.2, 0.25) is 0 Å². The van der Waals surface area contributed by atoms with E-state index >= 15 is 0 Å². The van der Waals surface area contributed by atoms with Gasteiger partial charge >= 0.3 is 0 Å². The van der Waals surface area contributed by atoms with Crippen LogP contribution in [-0.2, 0) is 0 Å². The van der Waals surface area contributed by atoms with E-state index in [1.807, 2.05) is 0 Å². The van der Waals surface area contributed by atoms with E-state index in [1.165, 1.54) is 19.1 Å². The molecule has 0 spiro atoms. The Morgan fingerprint density at radius 2 is 2.00 bits per heavy atom. The molecule has 12 heavy (non-hydrogen) atoms. The van der Waals surface area contributed by atoms with Crippen molar-refractivity contribution in [3.8, 4) is 11.5 Å². The number of carbonyl (C=O) groups is 1. The Bertz CT molecular complexity index is 333. The van der Waals surface area contributed by atoms with Crippen LogP contribution in [0, 0.1) is 0 Å².